The number of nitrogens with one attached hydrogen (secondary N) is 2. The number of benzene rings is 1. The molecule has 2 heterocycles. The Hall–Kier alpha value is -2.97. The van der Waals surface area contributed by atoms with E-state index in [1.54, 1.807) is 13.4 Å². The van der Waals surface area contributed by atoms with Gasteiger partial charge in [0, 0.05) is 32.6 Å². The average molecular weight is 360 g/mol. The summed E-state index contributed by atoms with van der Waals surface area (Å²) < 4.78 is 18.4. The summed E-state index contributed by atoms with van der Waals surface area (Å²) in [5, 5.41) is 14.5. The highest BCUT2D eigenvalue weighted by Gasteiger charge is 2.13. The van der Waals surface area contributed by atoms with Gasteiger partial charge in [0.05, 0.1) is 6.54 Å². The molecule has 0 amide bonds. The Morgan fingerprint density at radius 3 is 2.96 bits per heavy atom. The van der Waals surface area contributed by atoms with Crippen LogP contribution in [-0.2, 0) is 13.0 Å². The Labute approximate surface area is 152 Å². The van der Waals surface area contributed by atoms with Gasteiger partial charge in [0.25, 0.3) is 0 Å². The summed E-state index contributed by atoms with van der Waals surface area (Å²) in [6.07, 6.45) is 2.61. The zero-order valence-corrected chi connectivity index (χ0v) is 15.1. The molecule has 9 nitrogen and oxygen atoms in total. The van der Waals surface area contributed by atoms with Crippen molar-refractivity contribution in [2.24, 2.45) is 4.99 Å². The third-order valence-electron chi connectivity index (χ3n) is 3.89. The third-order valence-corrected chi connectivity index (χ3v) is 3.89. The minimum absolute atomic E-state index is 0.261. The number of aliphatic imine (C=N–C) groups is 1. The lowest BCUT2D eigenvalue weighted by molar-refractivity contribution is 0.173. The van der Waals surface area contributed by atoms with Gasteiger partial charge >= 0.3 is 0 Å². The van der Waals surface area contributed by atoms with E-state index in [4.69, 9.17) is 14.2 Å². The fourth-order valence-electron chi connectivity index (χ4n) is 2.56. The van der Waals surface area contributed by atoms with Crippen LogP contribution in [0.25, 0.3) is 0 Å². The Kier molecular flexibility index (Phi) is 6.13. The monoisotopic (exact) mass is 360 g/mol. The number of aromatic nitrogens is 3. The van der Waals surface area contributed by atoms with Crippen molar-refractivity contribution in [3.8, 4) is 17.2 Å². The molecule has 26 heavy (non-hydrogen) atoms. The molecule has 0 radical (unpaired) electrons. The zero-order chi connectivity index (χ0) is 18.2. The predicted octanol–water partition coefficient (Wildman–Crippen LogP) is 0.813. The van der Waals surface area contributed by atoms with E-state index in [1.807, 2.05) is 22.8 Å². The van der Waals surface area contributed by atoms with Crippen molar-refractivity contribution in [2.45, 2.75) is 19.9 Å². The molecule has 140 valence electrons. The van der Waals surface area contributed by atoms with Gasteiger partial charge in [-0.2, -0.15) is 0 Å². The Morgan fingerprint density at radius 1 is 1.27 bits per heavy atom. The van der Waals surface area contributed by atoms with Gasteiger partial charge in [-0.3, -0.25) is 4.99 Å². The van der Waals surface area contributed by atoms with Crippen molar-refractivity contribution in [2.75, 3.05) is 33.5 Å². The van der Waals surface area contributed by atoms with Gasteiger partial charge in [0.1, 0.15) is 24.5 Å². The standard InChI is InChI=1S/C17H24N6O3/c1-3-16-22-21-11-23(16)8-6-19-17(18-2)20-7-9-24-13-4-5-14-15(10-13)26-12-25-14/h4-5,10-11H,3,6-9,12H2,1-2H3,(H2,18,19,20). The molecule has 0 aliphatic carbocycles. The molecule has 3 rings (SSSR count). The highest BCUT2D eigenvalue weighted by atomic mass is 16.7. The molecule has 0 saturated carbocycles. The summed E-state index contributed by atoms with van der Waals surface area (Å²) in [4.78, 5) is 4.20. The Balaban J connectivity index is 1.35. The van der Waals surface area contributed by atoms with Gasteiger partial charge in [-0.25, -0.2) is 0 Å². The number of rotatable bonds is 8. The number of nitrogens with zero attached hydrogens (tertiary/aromatic N) is 4. The second-order valence-electron chi connectivity index (χ2n) is 5.58. The SMILES string of the molecule is CCc1nncn1CCNC(=NC)NCCOc1ccc2c(c1)OCO2. The minimum Gasteiger partial charge on any atom is -0.492 e. The highest BCUT2D eigenvalue weighted by molar-refractivity contribution is 5.79. The number of ether oxygens (including phenoxy) is 3. The van der Waals surface area contributed by atoms with Crippen LogP contribution in [0.5, 0.6) is 17.2 Å². The molecule has 1 aromatic heterocycles. The third kappa shape index (κ3) is 4.56. The zero-order valence-electron chi connectivity index (χ0n) is 15.1. The summed E-state index contributed by atoms with van der Waals surface area (Å²) in [6.45, 7) is 4.97. The van der Waals surface area contributed by atoms with E-state index in [0.717, 1.165) is 42.8 Å². The molecule has 1 aromatic carbocycles. The van der Waals surface area contributed by atoms with Gasteiger partial charge in [-0.1, -0.05) is 6.92 Å². The molecular weight excluding hydrogens is 336 g/mol. The van der Waals surface area contributed by atoms with Crippen LogP contribution >= 0.6 is 0 Å². The molecule has 2 N–H and O–H groups in total. The van der Waals surface area contributed by atoms with Gasteiger partial charge in [-0.05, 0) is 12.1 Å². The van der Waals surface area contributed by atoms with Crippen LogP contribution in [0.2, 0.25) is 0 Å². The van der Waals surface area contributed by atoms with E-state index in [-0.39, 0.29) is 6.79 Å². The van der Waals surface area contributed by atoms with Crippen LogP contribution in [0, 0.1) is 0 Å². The first-order valence-electron chi connectivity index (χ1n) is 8.63. The lowest BCUT2D eigenvalue weighted by Crippen LogP contribution is -2.40. The fraction of sp³-hybridized carbons (Fsp3) is 0.471. The number of fused-ring (bicyclic) bond motifs is 1. The second kappa shape index (κ2) is 8.93. The first-order valence-corrected chi connectivity index (χ1v) is 8.63. The molecule has 0 atom stereocenters. The molecule has 0 unspecified atom stereocenters. The second-order valence-corrected chi connectivity index (χ2v) is 5.58. The van der Waals surface area contributed by atoms with Crippen LogP contribution in [-0.4, -0.2) is 54.3 Å². The quantitative estimate of drug-likeness (QED) is 0.409. The van der Waals surface area contributed by atoms with E-state index in [9.17, 15) is 0 Å². The Morgan fingerprint density at radius 2 is 2.12 bits per heavy atom. The summed E-state index contributed by atoms with van der Waals surface area (Å²) >= 11 is 0. The van der Waals surface area contributed by atoms with Crippen molar-refractivity contribution >= 4 is 5.96 Å². The van der Waals surface area contributed by atoms with Crippen molar-refractivity contribution < 1.29 is 14.2 Å². The molecule has 2 aromatic rings. The van der Waals surface area contributed by atoms with Crippen LogP contribution in [0.1, 0.15) is 12.7 Å². The smallest absolute Gasteiger partial charge is 0.231 e. The maximum atomic E-state index is 5.72. The maximum absolute atomic E-state index is 5.72. The molecular formula is C17H24N6O3. The van der Waals surface area contributed by atoms with Crippen molar-refractivity contribution in [3.05, 3.63) is 30.4 Å². The number of aryl methyl sites for hydroxylation is 1. The molecule has 0 bridgehead atoms. The van der Waals surface area contributed by atoms with Crippen molar-refractivity contribution in [3.63, 3.8) is 0 Å². The van der Waals surface area contributed by atoms with Gasteiger partial charge in [0.2, 0.25) is 6.79 Å². The minimum atomic E-state index is 0.261. The van der Waals surface area contributed by atoms with Crippen molar-refractivity contribution in [1.82, 2.24) is 25.4 Å². The number of hydrogen-bond acceptors (Lipinski definition) is 6. The molecule has 1 aliphatic heterocycles. The summed E-state index contributed by atoms with van der Waals surface area (Å²) in [6, 6.07) is 5.55. The van der Waals surface area contributed by atoms with E-state index in [1.165, 1.54) is 0 Å². The van der Waals surface area contributed by atoms with E-state index < -0.39 is 0 Å². The highest BCUT2D eigenvalue weighted by Crippen LogP contribution is 2.34. The lowest BCUT2D eigenvalue weighted by Gasteiger charge is -2.13. The first-order chi connectivity index (χ1) is 12.8. The van der Waals surface area contributed by atoms with Gasteiger partial charge < -0.3 is 29.4 Å². The van der Waals surface area contributed by atoms with Crippen LogP contribution in [0.3, 0.4) is 0 Å². The molecule has 0 saturated heterocycles. The molecule has 1 aliphatic rings. The molecule has 9 heteroatoms. The largest absolute Gasteiger partial charge is 0.492 e. The predicted molar refractivity (Wildman–Crippen MR) is 96.8 cm³/mol. The van der Waals surface area contributed by atoms with Gasteiger partial charge in [0.15, 0.2) is 17.5 Å². The fourth-order valence-corrected chi connectivity index (χ4v) is 2.56. The van der Waals surface area contributed by atoms with Crippen LogP contribution < -0.4 is 24.8 Å². The van der Waals surface area contributed by atoms with E-state index in [0.29, 0.717) is 18.9 Å². The average Bonchev–Trinajstić information content (AvgIpc) is 3.31. The van der Waals surface area contributed by atoms with Crippen LogP contribution in [0.4, 0.5) is 0 Å². The topological polar surface area (TPSA) is 94.8 Å². The van der Waals surface area contributed by atoms with E-state index >= 15 is 0 Å². The van der Waals surface area contributed by atoms with Crippen LogP contribution in [0.15, 0.2) is 29.5 Å². The molecule has 0 fully saturated rings. The molecule has 0 spiro atoms. The first kappa shape index (κ1) is 17.8. The Bertz CT molecular complexity index is 746. The van der Waals surface area contributed by atoms with E-state index in [2.05, 4.69) is 32.7 Å². The van der Waals surface area contributed by atoms with Crippen molar-refractivity contribution in [1.29, 1.82) is 0 Å². The summed E-state index contributed by atoms with van der Waals surface area (Å²) in [7, 11) is 1.74. The van der Waals surface area contributed by atoms with Gasteiger partial charge in [-0.15, -0.1) is 10.2 Å². The lowest BCUT2D eigenvalue weighted by atomic mass is 10.3. The summed E-state index contributed by atoms with van der Waals surface area (Å²) in [5.74, 6) is 3.92. The maximum Gasteiger partial charge on any atom is 0.231 e. The summed E-state index contributed by atoms with van der Waals surface area (Å²) in [5.41, 5.74) is 0. The normalized spacial score (nSPS) is 12.9. The number of hydrogen-bond donors (Lipinski definition) is 2. The number of guanidine groups is 1.